The van der Waals surface area contributed by atoms with Crippen LogP contribution in [0.4, 0.5) is 19.2 Å². The van der Waals surface area contributed by atoms with Gasteiger partial charge in [-0.25, -0.2) is 28.8 Å². The van der Waals surface area contributed by atoms with E-state index in [2.05, 4.69) is 33.7 Å². The monoisotopic (exact) mass is 1270 g/mol. The van der Waals surface area contributed by atoms with Crippen LogP contribution in [0.2, 0.25) is 0 Å². The number of nitrogens with two attached hydrogens (primary N) is 4. The number of primary amides is 4. The Morgan fingerprint density at radius 1 is 0.756 bits per heavy atom. The van der Waals surface area contributed by atoms with Crippen molar-refractivity contribution >= 4 is 66.0 Å². The van der Waals surface area contributed by atoms with Gasteiger partial charge in [0.05, 0.1) is 18.2 Å². The van der Waals surface area contributed by atoms with Crippen LogP contribution in [0.5, 0.6) is 0 Å². The highest BCUT2D eigenvalue weighted by Gasteiger charge is 2.50. The first kappa shape index (κ1) is 83.0. The van der Waals surface area contributed by atoms with Gasteiger partial charge < -0.3 is 71.6 Å². The maximum absolute atomic E-state index is 12.1. The van der Waals surface area contributed by atoms with Crippen molar-refractivity contribution in [3.8, 4) is 0 Å². The highest BCUT2D eigenvalue weighted by molar-refractivity contribution is 5.92. The van der Waals surface area contributed by atoms with Gasteiger partial charge in [0.2, 0.25) is 29.2 Å². The number of esters is 2. The van der Waals surface area contributed by atoms with E-state index in [9.17, 15) is 63.0 Å². The Labute approximate surface area is 526 Å². The van der Waals surface area contributed by atoms with Crippen molar-refractivity contribution in [2.24, 2.45) is 28.9 Å². The van der Waals surface area contributed by atoms with Gasteiger partial charge in [0.25, 0.3) is 0 Å². The fourth-order valence-electron chi connectivity index (χ4n) is 7.49. The molecule has 7 rings (SSSR count). The number of carboxylic acid groups (broad SMARTS) is 1. The van der Waals surface area contributed by atoms with Gasteiger partial charge in [-0.3, -0.25) is 28.8 Å². The largest absolute Gasteiger partial charge is 0.519 e. The summed E-state index contributed by atoms with van der Waals surface area (Å²) in [5, 5.41) is 22.9. The van der Waals surface area contributed by atoms with Crippen LogP contribution < -0.4 is 28.3 Å². The minimum atomic E-state index is -1.44. The lowest BCUT2D eigenvalue weighted by Gasteiger charge is -2.44. The third-order valence-electron chi connectivity index (χ3n) is 11.7. The second kappa shape index (κ2) is 40.4. The Morgan fingerprint density at radius 3 is 1.71 bits per heavy atom. The van der Waals surface area contributed by atoms with Crippen molar-refractivity contribution in [1.82, 2.24) is 10.4 Å². The number of rotatable bonds is 11. The zero-order chi connectivity index (χ0) is 68.3. The number of carboxylic acids is 1. The van der Waals surface area contributed by atoms with Gasteiger partial charge in [-0.1, -0.05) is 87.4 Å². The second-order valence-corrected chi connectivity index (χ2v) is 22.9. The number of nitrogens with one attached hydrogen (secondary N) is 1. The van der Waals surface area contributed by atoms with Crippen LogP contribution in [0.3, 0.4) is 0 Å². The van der Waals surface area contributed by atoms with E-state index < -0.39 is 82.3 Å². The predicted octanol–water partition coefficient (Wildman–Crippen LogP) is 8.32. The lowest BCUT2D eigenvalue weighted by molar-refractivity contribution is -0.256. The van der Waals surface area contributed by atoms with E-state index in [1.807, 2.05) is 48.6 Å². The molecule has 1 saturated heterocycles. The normalized spacial score (nSPS) is 20.7. The minimum absolute atomic E-state index is 0. The summed E-state index contributed by atoms with van der Waals surface area (Å²) in [5.74, 6) is -4.05. The predicted molar refractivity (Wildman–Crippen MR) is 331 cm³/mol. The number of hydrogen-bond donors (Lipinski definition) is 7. The fraction of sp³-hybridized carbons (Fsp3) is 0.508. The van der Waals surface area contributed by atoms with Crippen LogP contribution >= 0.6 is 0 Å². The van der Waals surface area contributed by atoms with Crippen molar-refractivity contribution in [2.45, 2.75) is 201 Å². The summed E-state index contributed by atoms with van der Waals surface area (Å²) in [6, 6.07) is 8.91. The Kier molecular flexibility index (Phi) is 37.3. The van der Waals surface area contributed by atoms with Gasteiger partial charge in [0.1, 0.15) is 35.1 Å². The van der Waals surface area contributed by atoms with Gasteiger partial charge >= 0.3 is 42.4 Å². The number of benzene rings is 1. The van der Waals surface area contributed by atoms with Gasteiger partial charge in [0.15, 0.2) is 0 Å². The molecular formula is C63H94N6O21. The third kappa shape index (κ3) is 36.9. The van der Waals surface area contributed by atoms with Crippen molar-refractivity contribution in [2.75, 3.05) is 0 Å². The number of hydrogen-bond acceptors (Lipinski definition) is 20. The molecule has 1 aromatic carbocycles. The van der Waals surface area contributed by atoms with Gasteiger partial charge in [-0.2, -0.15) is 5.06 Å². The van der Waals surface area contributed by atoms with Crippen LogP contribution in [0.25, 0.3) is 0 Å². The molecule has 0 aromatic heterocycles. The number of amides is 6. The maximum atomic E-state index is 12.1. The van der Waals surface area contributed by atoms with E-state index in [1.54, 1.807) is 86.6 Å². The van der Waals surface area contributed by atoms with Crippen LogP contribution in [0.15, 0.2) is 116 Å². The highest BCUT2D eigenvalue weighted by Crippen LogP contribution is 2.37. The molecule has 6 aliphatic rings. The van der Waals surface area contributed by atoms with Gasteiger partial charge in [-0.05, 0) is 156 Å². The molecule has 502 valence electrons. The van der Waals surface area contributed by atoms with E-state index in [1.165, 1.54) is 32.3 Å². The Bertz CT molecular complexity index is 2700. The van der Waals surface area contributed by atoms with Crippen LogP contribution in [-0.4, -0.2) is 128 Å². The van der Waals surface area contributed by atoms with E-state index >= 15 is 0 Å². The van der Waals surface area contributed by atoms with Crippen molar-refractivity contribution in [3.05, 3.63) is 122 Å². The van der Waals surface area contributed by atoms with Crippen LogP contribution in [0.1, 0.15) is 153 Å². The van der Waals surface area contributed by atoms with Crippen molar-refractivity contribution < 1.29 is 101 Å². The summed E-state index contributed by atoms with van der Waals surface area (Å²) in [5.41, 5.74) is 16.7. The first-order chi connectivity index (χ1) is 41.2. The molecule has 2 heterocycles. The van der Waals surface area contributed by atoms with E-state index in [0.717, 1.165) is 41.5 Å². The number of aliphatic hydroxyl groups is 1. The fourth-order valence-corrected chi connectivity index (χ4v) is 7.49. The maximum Gasteiger partial charge on any atom is 0.519 e. The first-order valence-electron chi connectivity index (χ1n) is 28.1. The Balaban J connectivity index is 0. The molecule has 4 unspecified atom stereocenters. The lowest BCUT2D eigenvalue weighted by Crippen LogP contribution is -2.58. The molecule has 1 aromatic rings. The summed E-state index contributed by atoms with van der Waals surface area (Å²) in [6.07, 6.45) is 19.8. The number of carbonyl (C=O) groups excluding carboxylic acids is 10. The standard InChI is InChI=1S/C15H15NO5.C12H22N2O4.C10H18O5.C9H13NO3.C7H9NO.C6H8O2.C3H5NO.CH4/c17-13(18)15-8-6-12(7-9-15)16(21-15)14(19)20-10-11-4-2-1-3-5-11;1-11(2,3)18-10(16)14-8-4-6-12(17,7-5-8)9(13)15;1-9(2,3)14-7(11)13-8(12)15-10(4,5)6;1-6(11)13-8-5-3-2-4-7(8)9(10)12;8-7(9)6-4-2-1-3-5-6;1-3-4-5-8-6(2)7;1-2-3(4)5;/h1-6,8,12H,7,9-10H2,(H,17,18);8,17H,4-7H2,1-3H3,(H2,13,15)(H,14,16);1-6H3;3,5,7-8H,2,4H2,1H3,(H2,10,12);1-2,4H,3,5H2,(H2,8,9);3-5H,1H2,2H3;2H,1H2,(H2,4,5);1H4/b;;;;;5-4+;;. The molecule has 11 N–H and O–H groups in total. The topological polar surface area (TPSA) is 421 Å². The summed E-state index contributed by atoms with van der Waals surface area (Å²) in [6.45, 7) is 24.6. The van der Waals surface area contributed by atoms with Gasteiger partial charge in [0, 0.05) is 25.5 Å². The van der Waals surface area contributed by atoms with Crippen LogP contribution in [-0.2, 0) is 78.2 Å². The first-order valence-corrected chi connectivity index (χ1v) is 28.1. The molecule has 0 spiro atoms. The number of carbonyl (C=O) groups is 11. The molecule has 90 heavy (non-hydrogen) atoms. The van der Waals surface area contributed by atoms with Crippen molar-refractivity contribution in [1.29, 1.82) is 0 Å². The third-order valence-corrected chi connectivity index (χ3v) is 11.7. The molecule has 0 radical (unpaired) electrons. The molecule has 2 fully saturated rings. The molecule has 27 heteroatoms. The zero-order valence-corrected chi connectivity index (χ0v) is 52.6. The molecule has 2 aliphatic heterocycles. The highest BCUT2D eigenvalue weighted by atomic mass is 16.8. The van der Waals surface area contributed by atoms with E-state index in [4.69, 9.17) is 45.7 Å². The lowest BCUT2D eigenvalue weighted by atomic mass is 9.82. The zero-order valence-electron chi connectivity index (χ0n) is 52.6. The number of nitrogens with zero attached hydrogens (tertiary/aromatic N) is 1. The minimum Gasteiger partial charge on any atom is -0.479 e. The Morgan fingerprint density at radius 2 is 1.31 bits per heavy atom. The number of alkyl carbamates (subject to hydrolysis) is 1. The summed E-state index contributed by atoms with van der Waals surface area (Å²) < 4.78 is 33.4. The Hall–Kier alpha value is -9.11. The number of hydroxylamine groups is 2. The number of aliphatic carboxylic acids is 1. The van der Waals surface area contributed by atoms with Crippen molar-refractivity contribution in [3.63, 3.8) is 0 Å². The summed E-state index contributed by atoms with van der Waals surface area (Å²) >= 11 is 0. The number of fused-ring (bicyclic) bond motifs is 2. The number of allylic oxidation sites excluding steroid dienone is 6. The van der Waals surface area contributed by atoms with E-state index in [-0.39, 0.29) is 62.7 Å². The molecular weight excluding hydrogens is 1180 g/mol. The van der Waals surface area contributed by atoms with Gasteiger partial charge in [-0.15, -0.1) is 0 Å². The molecule has 27 nitrogen and oxygen atoms in total. The average molecular weight is 1270 g/mol. The summed E-state index contributed by atoms with van der Waals surface area (Å²) in [7, 11) is 0. The quantitative estimate of drug-likeness (QED) is 0.0208. The molecule has 4 atom stereocenters. The molecule has 2 bridgehead atoms. The number of ether oxygens (including phenoxy) is 7. The van der Waals surface area contributed by atoms with E-state index in [0.29, 0.717) is 32.1 Å². The smallest absolute Gasteiger partial charge is 0.479 e. The summed E-state index contributed by atoms with van der Waals surface area (Å²) in [4.78, 5) is 125. The second-order valence-electron chi connectivity index (χ2n) is 22.9. The SMILES string of the molecule is C.C=C/C=C/OC(C)=O.C=CC(N)=O.CC(=O)OC1C=CCCC1C(N)=O.CC(C)(C)OC(=O)NC1CCC(O)(C(N)=O)CC1.CC(C)(C)OC(=O)OC(=O)OC(C)(C)C.NC(=O)C1=CC=CCC1.O=C(OCc1ccccc1)N1OC2(C(=O)O)C=CC1CC2. The molecule has 1 saturated carbocycles. The molecule has 6 amide bonds. The average Bonchev–Trinajstić information content (AvgIpc) is 1.79. The van der Waals surface area contributed by atoms with Crippen LogP contribution in [0, 0.1) is 5.92 Å². The molecule has 4 aliphatic carbocycles.